The Bertz CT molecular complexity index is 263. The SMILES string of the molecule is C#CCOCCCCCOC(=O)NCC(C)(C)C. The first kappa shape index (κ1) is 16.8. The molecule has 0 atom stereocenters. The molecule has 4 heteroatoms. The first-order valence-corrected chi connectivity index (χ1v) is 6.37. The van der Waals surface area contributed by atoms with E-state index in [0.717, 1.165) is 19.3 Å². The van der Waals surface area contributed by atoms with E-state index in [0.29, 0.717) is 26.4 Å². The molecule has 0 bridgehead atoms. The Balaban J connectivity index is 3.28. The van der Waals surface area contributed by atoms with Crippen LogP contribution in [0.4, 0.5) is 4.79 Å². The summed E-state index contributed by atoms with van der Waals surface area (Å²) in [5, 5.41) is 2.73. The maximum Gasteiger partial charge on any atom is 0.407 e. The van der Waals surface area contributed by atoms with E-state index in [-0.39, 0.29) is 11.5 Å². The van der Waals surface area contributed by atoms with Crippen LogP contribution in [0.25, 0.3) is 0 Å². The Hall–Kier alpha value is -1.21. The van der Waals surface area contributed by atoms with Crippen LogP contribution in [0.1, 0.15) is 40.0 Å². The van der Waals surface area contributed by atoms with Crippen LogP contribution in [0.5, 0.6) is 0 Å². The number of carbonyl (C=O) groups excluding carboxylic acids is 1. The van der Waals surface area contributed by atoms with Crippen molar-refractivity contribution in [3.8, 4) is 12.3 Å². The van der Waals surface area contributed by atoms with Crippen LogP contribution in [-0.4, -0.2) is 32.5 Å². The van der Waals surface area contributed by atoms with Gasteiger partial charge in [-0.1, -0.05) is 26.7 Å². The van der Waals surface area contributed by atoms with Crippen LogP contribution in [0.15, 0.2) is 0 Å². The third kappa shape index (κ3) is 12.9. The van der Waals surface area contributed by atoms with Crippen molar-refractivity contribution < 1.29 is 14.3 Å². The van der Waals surface area contributed by atoms with Gasteiger partial charge in [0, 0.05) is 13.2 Å². The van der Waals surface area contributed by atoms with Gasteiger partial charge in [-0.3, -0.25) is 0 Å². The van der Waals surface area contributed by atoms with Crippen molar-refractivity contribution in [2.75, 3.05) is 26.4 Å². The van der Waals surface area contributed by atoms with Gasteiger partial charge < -0.3 is 14.8 Å². The zero-order chi connectivity index (χ0) is 13.9. The number of ether oxygens (including phenoxy) is 2. The molecule has 0 aliphatic rings. The van der Waals surface area contributed by atoms with E-state index in [4.69, 9.17) is 15.9 Å². The molecular formula is C14H25NO3. The normalized spacial score (nSPS) is 10.8. The minimum atomic E-state index is -0.339. The molecule has 0 aliphatic heterocycles. The Morgan fingerprint density at radius 1 is 1.22 bits per heavy atom. The van der Waals surface area contributed by atoms with E-state index in [1.54, 1.807) is 0 Å². The lowest BCUT2D eigenvalue weighted by Crippen LogP contribution is -2.32. The van der Waals surface area contributed by atoms with Crippen LogP contribution in [-0.2, 0) is 9.47 Å². The highest BCUT2D eigenvalue weighted by Gasteiger charge is 2.11. The second-order valence-corrected chi connectivity index (χ2v) is 5.37. The number of amides is 1. The highest BCUT2D eigenvalue weighted by Crippen LogP contribution is 2.10. The third-order valence-electron chi connectivity index (χ3n) is 2.11. The lowest BCUT2D eigenvalue weighted by molar-refractivity contribution is 0.135. The number of hydrogen-bond donors (Lipinski definition) is 1. The minimum absolute atomic E-state index is 0.0768. The summed E-state index contributed by atoms with van der Waals surface area (Å²) >= 11 is 0. The van der Waals surface area contributed by atoms with Gasteiger partial charge in [-0.05, 0) is 24.7 Å². The third-order valence-corrected chi connectivity index (χ3v) is 2.11. The van der Waals surface area contributed by atoms with Gasteiger partial charge in [0.25, 0.3) is 0 Å². The summed E-state index contributed by atoms with van der Waals surface area (Å²) in [6.45, 7) is 8.28. The van der Waals surface area contributed by atoms with Gasteiger partial charge in [0.15, 0.2) is 0 Å². The molecule has 0 saturated heterocycles. The molecule has 1 amide bonds. The predicted molar refractivity (Wildman–Crippen MR) is 72.3 cm³/mol. The number of hydrogen-bond acceptors (Lipinski definition) is 3. The Morgan fingerprint density at radius 2 is 1.89 bits per heavy atom. The molecule has 0 aliphatic carbocycles. The standard InChI is InChI=1S/C14H25NO3/c1-5-9-17-10-7-6-8-11-18-13(16)15-12-14(2,3)4/h1H,6-12H2,2-4H3,(H,15,16). The largest absolute Gasteiger partial charge is 0.450 e. The van der Waals surface area contributed by atoms with Gasteiger partial charge in [-0.25, -0.2) is 4.79 Å². The average Bonchev–Trinajstić information content (AvgIpc) is 2.29. The zero-order valence-corrected chi connectivity index (χ0v) is 11.8. The van der Waals surface area contributed by atoms with Crippen LogP contribution < -0.4 is 5.32 Å². The van der Waals surface area contributed by atoms with E-state index < -0.39 is 0 Å². The van der Waals surface area contributed by atoms with E-state index in [9.17, 15) is 4.79 Å². The van der Waals surface area contributed by atoms with E-state index in [2.05, 4.69) is 32.0 Å². The topological polar surface area (TPSA) is 47.6 Å². The predicted octanol–water partition coefficient (Wildman–Crippen LogP) is 2.58. The second-order valence-electron chi connectivity index (χ2n) is 5.37. The summed E-state index contributed by atoms with van der Waals surface area (Å²) in [5.74, 6) is 2.41. The van der Waals surface area contributed by atoms with Crippen LogP contribution >= 0.6 is 0 Å². The van der Waals surface area contributed by atoms with Crippen molar-refractivity contribution in [2.24, 2.45) is 5.41 Å². The molecule has 1 N–H and O–H groups in total. The monoisotopic (exact) mass is 255 g/mol. The molecule has 0 heterocycles. The van der Waals surface area contributed by atoms with Crippen molar-refractivity contribution in [1.29, 1.82) is 0 Å². The van der Waals surface area contributed by atoms with E-state index in [1.807, 2.05) is 0 Å². The number of terminal acetylenes is 1. The van der Waals surface area contributed by atoms with E-state index in [1.165, 1.54) is 0 Å². The maximum absolute atomic E-state index is 11.3. The van der Waals surface area contributed by atoms with E-state index >= 15 is 0 Å². The zero-order valence-electron chi connectivity index (χ0n) is 11.8. The Kier molecular flexibility index (Phi) is 9.13. The van der Waals surface area contributed by atoms with Crippen molar-refractivity contribution in [3.63, 3.8) is 0 Å². The summed E-state index contributed by atoms with van der Waals surface area (Å²) in [6, 6.07) is 0. The van der Waals surface area contributed by atoms with Gasteiger partial charge in [-0.15, -0.1) is 6.42 Å². The first-order chi connectivity index (χ1) is 8.45. The molecule has 0 rings (SSSR count). The molecule has 0 fully saturated rings. The lowest BCUT2D eigenvalue weighted by Gasteiger charge is -2.18. The van der Waals surface area contributed by atoms with Gasteiger partial charge >= 0.3 is 6.09 Å². The Morgan fingerprint density at radius 3 is 2.50 bits per heavy atom. The fourth-order valence-corrected chi connectivity index (χ4v) is 1.17. The van der Waals surface area contributed by atoms with Gasteiger partial charge in [0.1, 0.15) is 6.61 Å². The van der Waals surface area contributed by atoms with Gasteiger partial charge in [0.05, 0.1) is 6.61 Å². The fraction of sp³-hybridized carbons (Fsp3) is 0.786. The van der Waals surface area contributed by atoms with Crippen molar-refractivity contribution in [3.05, 3.63) is 0 Å². The molecule has 0 aromatic heterocycles. The van der Waals surface area contributed by atoms with Crippen LogP contribution in [0.3, 0.4) is 0 Å². The second kappa shape index (κ2) is 9.78. The molecule has 104 valence electrons. The fourth-order valence-electron chi connectivity index (χ4n) is 1.17. The number of unbranched alkanes of at least 4 members (excludes halogenated alkanes) is 2. The first-order valence-electron chi connectivity index (χ1n) is 6.37. The molecule has 0 radical (unpaired) electrons. The number of rotatable bonds is 8. The molecule has 18 heavy (non-hydrogen) atoms. The molecule has 0 saturated carbocycles. The van der Waals surface area contributed by atoms with Gasteiger partial charge in [0.2, 0.25) is 0 Å². The summed E-state index contributed by atoms with van der Waals surface area (Å²) in [6.07, 6.45) is 7.46. The van der Waals surface area contributed by atoms with Crippen LogP contribution in [0, 0.1) is 17.8 Å². The molecule has 0 aromatic carbocycles. The van der Waals surface area contributed by atoms with Crippen LogP contribution in [0.2, 0.25) is 0 Å². The number of nitrogens with one attached hydrogen (secondary N) is 1. The highest BCUT2D eigenvalue weighted by molar-refractivity contribution is 5.67. The summed E-state index contributed by atoms with van der Waals surface area (Å²) in [4.78, 5) is 11.3. The molecule has 0 aromatic rings. The quantitative estimate of drug-likeness (QED) is 0.535. The molecule has 0 unspecified atom stereocenters. The molecular weight excluding hydrogens is 230 g/mol. The Labute approximate surface area is 110 Å². The number of alkyl carbamates (subject to hydrolysis) is 1. The lowest BCUT2D eigenvalue weighted by atomic mass is 9.97. The van der Waals surface area contributed by atoms with Crippen molar-refractivity contribution in [1.82, 2.24) is 5.32 Å². The smallest absolute Gasteiger partial charge is 0.407 e. The molecule has 4 nitrogen and oxygen atoms in total. The van der Waals surface area contributed by atoms with Gasteiger partial charge in [-0.2, -0.15) is 0 Å². The van der Waals surface area contributed by atoms with Crippen molar-refractivity contribution >= 4 is 6.09 Å². The average molecular weight is 255 g/mol. The maximum atomic E-state index is 11.3. The highest BCUT2D eigenvalue weighted by atomic mass is 16.5. The summed E-state index contributed by atoms with van der Waals surface area (Å²) in [5.41, 5.74) is 0.0768. The number of carbonyl (C=O) groups is 1. The molecule has 0 spiro atoms. The summed E-state index contributed by atoms with van der Waals surface area (Å²) in [7, 11) is 0. The van der Waals surface area contributed by atoms with Crippen molar-refractivity contribution in [2.45, 2.75) is 40.0 Å². The summed E-state index contributed by atoms with van der Waals surface area (Å²) < 4.78 is 10.2. The minimum Gasteiger partial charge on any atom is -0.450 e.